The van der Waals surface area contributed by atoms with E-state index < -0.39 is 10.0 Å². The highest BCUT2D eigenvalue weighted by Crippen LogP contribution is 2.22. The second-order valence-electron chi connectivity index (χ2n) is 8.46. The van der Waals surface area contributed by atoms with Gasteiger partial charge in [-0.25, -0.2) is 17.7 Å². The maximum Gasteiger partial charge on any atom is 0.242 e. The number of carbonyl (C=O) groups excluding carboxylic acids is 1. The van der Waals surface area contributed by atoms with E-state index in [1.165, 1.54) is 23.8 Å². The summed E-state index contributed by atoms with van der Waals surface area (Å²) in [5.74, 6) is 0.781. The highest BCUT2D eigenvalue weighted by atomic mass is 32.2. The number of imidazole rings is 1. The number of sulfonamides is 1. The van der Waals surface area contributed by atoms with E-state index in [4.69, 9.17) is 0 Å². The highest BCUT2D eigenvalue weighted by molar-refractivity contribution is 7.89. The van der Waals surface area contributed by atoms with Gasteiger partial charge in [-0.1, -0.05) is 36.4 Å². The van der Waals surface area contributed by atoms with Crippen molar-refractivity contribution >= 4 is 37.7 Å². The van der Waals surface area contributed by atoms with Crippen LogP contribution >= 0.6 is 0 Å². The van der Waals surface area contributed by atoms with Crippen LogP contribution in [0, 0.1) is 0 Å². The van der Waals surface area contributed by atoms with Gasteiger partial charge in [0, 0.05) is 47.6 Å². The number of hydrogen-bond donors (Lipinski definition) is 0. The van der Waals surface area contributed by atoms with Gasteiger partial charge in [-0.3, -0.25) is 4.79 Å². The van der Waals surface area contributed by atoms with Crippen molar-refractivity contribution < 1.29 is 13.2 Å². The predicted octanol–water partition coefficient (Wildman–Crippen LogP) is 3.57. The Bertz CT molecular complexity index is 1440. The Morgan fingerprint density at radius 2 is 1.70 bits per heavy atom. The number of hydrogen-bond acceptors (Lipinski definition) is 4. The standard InChI is InChI=1S/C25H28N4O3S/c1-27(2)33(31,32)21-11-12-23-22(16-21)26-24(29(23)4)13-14-25(30)28(3)17-18-9-10-19-7-5-6-8-20(19)15-18/h5-12,15-16H,13-14,17H2,1-4H3. The summed E-state index contributed by atoms with van der Waals surface area (Å²) < 4.78 is 27.9. The fourth-order valence-electron chi connectivity index (χ4n) is 3.93. The predicted molar refractivity (Wildman–Crippen MR) is 130 cm³/mol. The summed E-state index contributed by atoms with van der Waals surface area (Å²) in [5, 5.41) is 2.34. The minimum atomic E-state index is -3.53. The van der Waals surface area contributed by atoms with Crippen molar-refractivity contribution in [2.75, 3.05) is 21.1 Å². The van der Waals surface area contributed by atoms with E-state index in [1.54, 1.807) is 23.1 Å². The van der Waals surface area contributed by atoms with E-state index in [0.717, 1.165) is 22.3 Å². The van der Waals surface area contributed by atoms with Crippen molar-refractivity contribution in [1.29, 1.82) is 0 Å². The smallest absolute Gasteiger partial charge is 0.242 e. The van der Waals surface area contributed by atoms with Crippen molar-refractivity contribution in [2.45, 2.75) is 24.3 Å². The third-order valence-corrected chi connectivity index (χ3v) is 7.76. The monoisotopic (exact) mass is 464 g/mol. The minimum Gasteiger partial charge on any atom is -0.341 e. The third-order valence-electron chi connectivity index (χ3n) is 5.95. The number of aryl methyl sites for hydroxylation is 2. The molecule has 3 aromatic carbocycles. The van der Waals surface area contributed by atoms with Gasteiger partial charge < -0.3 is 9.47 Å². The Hall–Kier alpha value is -3.23. The average Bonchev–Trinajstić information content (AvgIpc) is 3.12. The van der Waals surface area contributed by atoms with E-state index in [1.807, 2.05) is 30.8 Å². The van der Waals surface area contributed by atoms with Crippen LogP contribution in [0.1, 0.15) is 17.8 Å². The molecule has 4 aromatic rings. The summed E-state index contributed by atoms with van der Waals surface area (Å²) in [6.07, 6.45) is 0.798. The van der Waals surface area contributed by atoms with Crippen molar-refractivity contribution in [2.24, 2.45) is 7.05 Å². The molecule has 0 bridgehead atoms. The summed E-state index contributed by atoms with van der Waals surface area (Å²) in [6.45, 7) is 0.540. The zero-order valence-corrected chi connectivity index (χ0v) is 20.1. The molecule has 1 heterocycles. The number of fused-ring (bicyclic) bond motifs is 2. The number of amides is 1. The molecular formula is C25H28N4O3S. The van der Waals surface area contributed by atoms with Crippen LogP contribution in [-0.4, -0.2) is 54.2 Å². The Labute approximate surface area is 194 Å². The Balaban J connectivity index is 1.45. The molecule has 0 aliphatic carbocycles. The van der Waals surface area contributed by atoms with Gasteiger partial charge in [-0.05, 0) is 40.6 Å². The van der Waals surface area contributed by atoms with Crippen LogP contribution in [0.15, 0.2) is 65.6 Å². The summed E-state index contributed by atoms with van der Waals surface area (Å²) in [4.78, 5) is 19.3. The van der Waals surface area contributed by atoms with Crippen molar-refractivity contribution in [3.8, 4) is 0 Å². The average molecular weight is 465 g/mol. The first kappa shape index (κ1) is 22.9. The zero-order chi connectivity index (χ0) is 23.8. The minimum absolute atomic E-state index is 0.0334. The Morgan fingerprint density at radius 1 is 0.970 bits per heavy atom. The first-order chi connectivity index (χ1) is 15.7. The van der Waals surface area contributed by atoms with Gasteiger partial charge in [0.05, 0.1) is 15.9 Å². The van der Waals surface area contributed by atoms with Crippen molar-refractivity contribution in [1.82, 2.24) is 18.8 Å². The maximum absolute atomic E-state index is 12.8. The van der Waals surface area contributed by atoms with E-state index >= 15 is 0 Å². The van der Waals surface area contributed by atoms with Crippen molar-refractivity contribution in [3.05, 3.63) is 72.1 Å². The molecule has 8 heteroatoms. The normalized spacial score (nSPS) is 12.0. The fraction of sp³-hybridized carbons (Fsp3) is 0.280. The molecule has 0 radical (unpaired) electrons. The molecule has 0 N–H and O–H groups in total. The molecule has 0 unspecified atom stereocenters. The Kier molecular flexibility index (Phi) is 6.23. The van der Waals surface area contributed by atoms with Gasteiger partial charge in [0.15, 0.2) is 0 Å². The molecule has 1 amide bonds. The lowest BCUT2D eigenvalue weighted by Crippen LogP contribution is -2.26. The van der Waals surface area contributed by atoms with Crippen LogP contribution in [0.3, 0.4) is 0 Å². The lowest BCUT2D eigenvalue weighted by Gasteiger charge is -2.17. The lowest BCUT2D eigenvalue weighted by atomic mass is 10.1. The number of carbonyl (C=O) groups is 1. The van der Waals surface area contributed by atoms with Gasteiger partial charge in [-0.15, -0.1) is 0 Å². The number of benzene rings is 3. The molecule has 0 atom stereocenters. The van der Waals surface area contributed by atoms with E-state index in [2.05, 4.69) is 35.3 Å². The topological polar surface area (TPSA) is 75.5 Å². The Morgan fingerprint density at radius 3 is 2.42 bits per heavy atom. The van der Waals surface area contributed by atoms with Crippen molar-refractivity contribution in [3.63, 3.8) is 0 Å². The summed E-state index contributed by atoms with van der Waals surface area (Å²) in [7, 11) is 3.17. The molecule has 0 saturated carbocycles. The SMILES string of the molecule is CN(Cc1ccc2ccccc2c1)C(=O)CCc1nc2cc(S(=O)(=O)N(C)C)ccc2n1C. The summed E-state index contributed by atoms with van der Waals surface area (Å²) >= 11 is 0. The van der Waals surface area contributed by atoms with Gasteiger partial charge >= 0.3 is 0 Å². The molecule has 0 aliphatic rings. The van der Waals surface area contributed by atoms with E-state index in [9.17, 15) is 13.2 Å². The molecular weight excluding hydrogens is 436 g/mol. The quantitative estimate of drug-likeness (QED) is 0.419. The molecule has 0 aliphatic heterocycles. The van der Waals surface area contributed by atoms with Gasteiger partial charge in [0.25, 0.3) is 0 Å². The molecule has 1 aromatic heterocycles. The van der Waals surface area contributed by atoms with Crippen LogP contribution in [0.25, 0.3) is 21.8 Å². The molecule has 0 fully saturated rings. The summed E-state index contributed by atoms with van der Waals surface area (Å²) in [6, 6.07) is 19.3. The number of rotatable bonds is 7. The molecule has 7 nitrogen and oxygen atoms in total. The van der Waals surface area contributed by atoms with Crippen LogP contribution in [0.2, 0.25) is 0 Å². The first-order valence-electron chi connectivity index (χ1n) is 10.8. The van der Waals surface area contributed by atoms with Gasteiger partial charge in [0.1, 0.15) is 5.82 Å². The second-order valence-corrected chi connectivity index (χ2v) is 10.6. The van der Waals surface area contributed by atoms with E-state index in [0.29, 0.717) is 24.9 Å². The van der Waals surface area contributed by atoms with Crippen LogP contribution < -0.4 is 0 Å². The van der Waals surface area contributed by atoms with E-state index in [-0.39, 0.29) is 10.8 Å². The van der Waals surface area contributed by atoms with Gasteiger partial charge in [0.2, 0.25) is 15.9 Å². The molecule has 4 rings (SSSR count). The zero-order valence-electron chi connectivity index (χ0n) is 19.3. The summed E-state index contributed by atoms with van der Waals surface area (Å²) in [5.41, 5.74) is 2.52. The molecule has 172 valence electrons. The number of aromatic nitrogens is 2. The van der Waals surface area contributed by atoms with Crippen LogP contribution in [0.5, 0.6) is 0 Å². The number of nitrogens with zero attached hydrogens (tertiary/aromatic N) is 4. The molecule has 33 heavy (non-hydrogen) atoms. The van der Waals surface area contributed by atoms with Crippen LogP contribution in [-0.2, 0) is 34.8 Å². The fourth-order valence-corrected chi connectivity index (χ4v) is 4.86. The second kappa shape index (κ2) is 8.96. The van der Waals surface area contributed by atoms with Crippen LogP contribution in [0.4, 0.5) is 0 Å². The van der Waals surface area contributed by atoms with Gasteiger partial charge in [-0.2, -0.15) is 0 Å². The lowest BCUT2D eigenvalue weighted by molar-refractivity contribution is -0.130. The third kappa shape index (κ3) is 4.62. The highest BCUT2D eigenvalue weighted by Gasteiger charge is 2.19. The molecule has 0 spiro atoms. The molecule has 0 saturated heterocycles. The first-order valence-corrected chi connectivity index (χ1v) is 12.2. The largest absolute Gasteiger partial charge is 0.341 e. The maximum atomic E-state index is 12.8.